The molecule has 3 rings (SSSR count). The number of sulfone groups is 1. The van der Waals surface area contributed by atoms with Gasteiger partial charge in [0.1, 0.15) is 18.1 Å². The largest absolute Gasteiger partial charge is 0.385 e. The lowest BCUT2D eigenvalue weighted by atomic mass is 9.90. The van der Waals surface area contributed by atoms with Gasteiger partial charge in [0.2, 0.25) is 9.84 Å². The van der Waals surface area contributed by atoms with Gasteiger partial charge in [-0.2, -0.15) is 14.0 Å². The van der Waals surface area contributed by atoms with Crippen LogP contribution in [0, 0.1) is 17.1 Å². The van der Waals surface area contributed by atoms with Crippen LogP contribution in [0.4, 0.5) is 17.6 Å². The van der Waals surface area contributed by atoms with Crippen LogP contribution in [0.1, 0.15) is 52.8 Å². The number of rotatable bonds is 6. The maximum absolute atomic E-state index is 14.3. The van der Waals surface area contributed by atoms with E-state index in [0.717, 1.165) is 12.1 Å². The fraction of sp³-hybridized carbons (Fsp3) is 0.381. The van der Waals surface area contributed by atoms with Crippen molar-refractivity contribution in [3.8, 4) is 6.07 Å². The van der Waals surface area contributed by atoms with Gasteiger partial charge in [-0.25, -0.2) is 17.2 Å². The molecule has 0 radical (unpaired) electrons. The van der Waals surface area contributed by atoms with Gasteiger partial charge < -0.3 is 5.11 Å². The zero-order valence-corrected chi connectivity index (χ0v) is 16.8. The second-order valence-corrected chi connectivity index (χ2v) is 9.10. The molecule has 0 fully saturated rings. The predicted molar refractivity (Wildman–Crippen MR) is 101 cm³/mol. The number of fused-ring (bicyclic) bond motifs is 1. The maximum atomic E-state index is 14.3. The van der Waals surface area contributed by atoms with Crippen molar-refractivity contribution in [3.63, 3.8) is 0 Å². The number of nitrogens with zero attached hydrogens (tertiary/aromatic N) is 1. The number of benzene rings is 2. The Balaban J connectivity index is 2.19. The molecule has 0 spiro atoms. The zero-order chi connectivity index (χ0) is 22.2. The molecule has 2 aromatic carbocycles. The minimum absolute atomic E-state index is 0.0509. The van der Waals surface area contributed by atoms with Crippen LogP contribution in [0.25, 0.3) is 0 Å². The molecule has 2 unspecified atom stereocenters. The molecule has 160 valence electrons. The number of aryl methyl sites for hydroxylation is 1. The van der Waals surface area contributed by atoms with Crippen molar-refractivity contribution in [1.82, 2.24) is 0 Å². The third kappa shape index (κ3) is 3.82. The lowest BCUT2D eigenvalue weighted by Crippen LogP contribution is -2.16. The van der Waals surface area contributed by atoms with Crippen LogP contribution in [0.2, 0.25) is 0 Å². The highest BCUT2D eigenvalue weighted by Gasteiger charge is 2.40. The first-order valence-corrected chi connectivity index (χ1v) is 10.9. The van der Waals surface area contributed by atoms with E-state index in [2.05, 4.69) is 0 Å². The molecule has 30 heavy (non-hydrogen) atoms. The quantitative estimate of drug-likeness (QED) is 0.683. The summed E-state index contributed by atoms with van der Waals surface area (Å²) in [6.07, 6.45) is -2.82. The van der Waals surface area contributed by atoms with Crippen molar-refractivity contribution in [2.24, 2.45) is 0 Å². The molecule has 0 aliphatic heterocycles. The zero-order valence-electron chi connectivity index (χ0n) is 16.0. The first-order chi connectivity index (χ1) is 14.1. The van der Waals surface area contributed by atoms with E-state index in [1.165, 1.54) is 12.1 Å². The van der Waals surface area contributed by atoms with Crippen molar-refractivity contribution in [3.05, 3.63) is 63.5 Å². The second kappa shape index (κ2) is 8.36. The van der Waals surface area contributed by atoms with E-state index in [4.69, 9.17) is 0 Å². The lowest BCUT2D eigenvalue weighted by Gasteiger charge is -2.17. The minimum atomic E-state index is -5.05. The monoisotopic (exact) mass is 441 g/mol. The highest BCUT2D eigenvalue weighted by Crippen LogP contribution is 2.41. The Morgan fingerprint density at radius 1 is 1.27 bits per heavy atom. The van der Waals surface area contributed by atoms with Crippen LogP contribution in [0.15, 0.2) is 29.2 Å². The predicted octanol–water partition coefficient (Wildman–Crippen LogP) is 4.16. The first kappa shape index (κ1) is 22.2. The Hall–Kier alpha value is -2.44. The summed E-state index contributed by atoms with van der Waals surface area (Å²) in [5.74, 6) is -4.28. The molecule has 0 saturated heterocycles. The van der Waals surface area contributed by atoms with E-state index in [-0.39, 0.29) is 29.5 Å². The molecule has 2 atom stereocenters. The van der Waals surface area contributed by atoms with Crippen molar-refractivity contribution < 1.29 is 31.1 Å². The molecule has 1 aliphatic carbocycles. The Labute approximate surface area is 171 Å². The molecule has 4 nitrogen and oxygen atoms in total. The fourth-order valence-corrected chi connectivity index (χ4v) is 4.94. The van der Waals surface area contributed by atoms with E-state index >= 15 is 0 Å². The molecular formula is C21H19F4NO3S. The molecule has 2 aromatic rings. The molecule has 1 N–H and O–H groups in total. The van der Waals surface area contributed by atoms with Gasteiger partial charge in [0.15, 0.2) is 0 Å². The third-order valence-electron chi connectivity index (χ3n) is 5.31. The van der Waals surface area contributed by atoms with Crippen molar-refractivity contribution in [2.45, 2.75) is 55.5 Å². The van der Waals surface area contributed by atoms with E-state index in [1.54, 1.807) is 0 Å². The van der Waals surface area contributed by atoms with E-state index < -0.39 is 38.6 Å². The summed E-state index contributed by atoms with van der Waals surface area (Å²) in [6.45, 7) is 1.88. The number of aliphatic hydroxyl groups is 1. The average molecular weight is 441 g/mol. The van der Waals surface area contributed by atoms with Gasteiger partial charge in [0, 0.05) is 12.0 Å². The third-order valence-corrected chi connectivity index (χ3v) is 6.74. The summed E-state index contributed by atoms with van der Waals surface area (Å²) in [4.78, 5) is -0.794. The van der Waals surface area contributed by atoms with Crippen LogP contribution in [0.3, 0.4) is 0 Å². The molecule has 0 saturated carbocycles. The minimum Gasteiger partial charge on any atom is -0.385 e. The Kier molecular flexibility index (Phi) is 6.20. The van der Waals surface area contributed by atoms with Crippen molar-refractivity contribution in [2.75, 3.05) is 0 Å². The number of halogens is 4. The van der Waals surface area contributed by atoms with Crippen molar-refractivity contribution >= 4 is 9.84 Å². The van der Waals surface area contributed by atoms with Gasteiger partial charge >= 0.3 is 5.76 Å². The van der Waals surface area contributed by atoms with Crippen LogP contribution in [-0.4, -0.2) is 25.5 Å². The van der Waals surface area contributed by atoms with E-state index in [0.29, 0.717) is 29.5 Å². The van der Waals surface area contributed by atoms with Gasteiger partial charge in [0.25, 0.3) is 0 Å². The van der Waals surface area contributed by atoms with Crippen molar-refractivity contribution in [1.29, 1.82) is 5.26 Å². The molecule has 0 heterocycles. The summed E-state index contributed by atoms with van der Waals surface area (Å²) in [5.41, 5.74) is 1.35. The SMILES string of the molecule is CCCc1cc(F)cc(C#N)c1Cc1ccc(S(=O)(=O)C(F)F)c2c1CC(F)C2O. The molecular weight excluding hydrogens is 422 g/mol. The van der Waals surface area contributed by atoms with Gasteiger partial charge in [-0.3, -0.25) is 0 Å². The Morgan fingerprint density at radius 2 is 1.97 bits per heavy atom. The first-order valence-electron chi connectivity index (χ1n) is 9.32. The number of hydrogen-bond acceptors (Lipinski definition) is 4. The van der Waals surface area contributed by atoms with Crippen LogP contribution < -0.4 is 0 Å². The molecule has 9 heteroatoms. The highest BCUT2D eigenvalue weighted by molar-refractivity contribution is 7.91. The number of aliphatic hydroxyl groups excluding tert-OH is 1. The van der Waals surface area contributed by atoms with Crippen LogP contribution in [0.5, 0.6) is 0 Å². The van der Waals surface area contributed by atoms with Gasteiger partial charge in [-0.05, 0) is 53.3 Å². The van der Waals surface area contributed by atoms with Gasteiger partial charge in [-0.15, -0.1) is 0 Å². The molecule has 0 amide bonds. The topological polar surface area (TPSA) is 78.2 Å². The number of hydrogen-bond donors (Lipinski definition) is 1. The summed E-state index contributed by atoms with van der Waals surface area (Å²) in [6, 6.07) is 6.55. The van der Waals surface area contributed by atoms with E-state index in [1.807, 2.05) is 13.0 Å². The fourth-order valence-electron chi connectivity index (χ4n) is 3.94. The second-order valence-electron chi connectivity index (χ2n) is 7.22. The number of nitriles is 1. The highest BCUT2D eigenvalue weighted by atomic mass is 32.2. The molecule has 1 aliphatic rings. The van der Waals surface area contributed by atoms with Gasteiger partial charge in [-0.1, -0.05) is 19.4 Å². The lowest BCUT2D eigenvalue weighted by molar-refractivity contribution is 0.0906. The number of alkyl halides is 3. The smallest absolute Gasteiger partial charge is 0.341 e. The summed E-state index contributed by atoms with van der Waals surface area (Å²) in [7, 11) is -5.05. The molecule has 0 aromatic heterocycles. The van der Waals surface area contributed by atoms with Crippen LogP contribution in [-0.2, 0) is 29.1 Å². The molecule has 0 bridgehead atoms. The standard InChI is InChI=1S/C21H19F4NO3S/c1-2-3-11-6-14(22)7-13(10-26)15(11)8-12-4-5-18(30(28,29)21(24)25)19-16(12)9-17(23)20(19)27/h4-7,17,20-21,27H,2-3,8-9H2,1H3. The normalized spacial score (nSPS) is 18.5. The van der Waals surface area contributed by atoms with Gasteiger partial charge in [0.05, 0.1) is 16.5 Å². The average Bonchev–Trinajstić information content (AvgIpc) is 2.98. The Morgan fingerprint density at radius 3 is 2.57 bits per heavy atom. The van der Waals surface area contributed by atoms with Crippen LogP contribution >= 0.6 is 0 Å². The summed E-state index contributed by atoms with van der Waals surface area (Å²) >= 11 is 0. The Bertz CT molecular complexity index is 1130. The summed E-state index contributed by atoms with van der Waals surface area (Å²) < 4.78 is 78.3. The summed E-state index contributed by atoms with van der Waals surface area (Å²) in [5, 5.41) is 19.6. The van der Waals surface area contributed by atoms with E-state index in [9.17, 15) is 36.3 Å². The maximum Gasteiger partial charge on any atom is 0.341 e.